The van der Waals surface area contributed by atoms with Gasteiger partial charge in [-0.05, 0) is 0 Å². The molecule has 18 heavy (non-hydrogen) atoms. The monoisotopic (exact) mass is 394 g/mol. The zero-order valence-corrected chi connectivity index (χ0v) is 8.81. The summed E-state index contributed by atoms with van der Waals surface area (Å²) in [7, 11) is -14.0. The Morgan fingerprint density at radius 3 is 0.444 bits per heavy atom. The third kappa shape index (κ3) is 1030. The average Bonchev–Trinajstić information content (AvgIpc) is 1.41. The van der Waals surface area contributed by atoms with Crippen molar-refractivity contribution >= 4 is 117 Å². The van der Waals surface area contributed by atoms with Crippen molar-refractivity contribution in [3.63, 3.8) is 0 Å². The van der Waals surface area contributed by atoms with Gasteiger partial charge in [0.2, 0.25) is 0 Å². The van der Waals surface area contributed by atoms with Crippen LogP contribution in [0, 0.1) is 0 Å². The Bertz CT molecular complexity index is 346. The van der Waals surface area contributed by atoms with Gasteiger partial charge in [0.05, 0.1) is 0 Å². The first-order valence-corrected chi connectivity index (χ1v) is 6.29. The Labute approximate surface area is 167 Å². The van der Waals surface area contributed by atoms with Crippen LogP contribution < -0.4 is 0 Å². The second-order valence-electron chi connectivity index (χ2n) is 1.34. The third-order valence-electron chi connectivity index (χ3n) is 0. The molecule has 18 heteroatoms. The van der Waals surface area contributed by atoms with Crippen molar-refractivity contribution < 1.29 is 52.6 Å². The van der Waals surface area contributed by atoms with E-state index in [1.165, 1.54) is 0 Å². The third-order valence-corrected chi connectivity index (χ3v) is 0. The van der Waals surface area contributed by atoms with Gasteiger partial charge in [-0.15, -0.1) is 0 Å². The number of hydrogen-bond acceptors (Lipinski definition) is 6. The molecule has 0 aromatic rings. The predicted molar refractivity (Wildman–Crippen MR) is 69.6 cm³/mol. The van der Waals surface area contributed by atoms with Crippen molar-refractivity contribution in [2.24, 2.45) is 0 Å². The topological polar surface area (TPSA) is 224 Å². The fraction of sp³-hybridized carbons (Fsp3) is 0. The van der Waals surface area contributed by atoms with Gasteiger partial charge in [0, 0.05) is 0 Å². The molecular weight excluding hydrogens is 381 g/mol. The normalized spacial score (nSPS) is 9.67. The van der Waals surface area contributed by atoms with Gasteiger partial charge in [-0.25, -0.2) is 0 Å². The standard InChI is InChI=1S/2Al.K.3H2O4S.7H/c;;;3*1-5(2,3)4;;;;;;;/h;;;3*(H2,1,2,3,4);;;;;;;. The van der Waals surface area contributed by atoms with Crippen LogP contribution in [0.25, 0.3) is 0 Å². The van der Waals surface area contributed by atoms with Gasteiger partial charge in [0.1, 0.15) is 0 Å². The summed E-state index contributed by atoms with van der Waals surface area (Å²) in [4.78, 5) is 0. The first-order chi connectivity index (χ1) is 6.00. The van der Waals surface area contributed by atoms with E-state index in [2.05, 4.69) is 0 Å². The van der Waals surface area contributed by atoms with E-state index < -0.39 is 31.2 Å². The molecule has 0 saturated heterocycles. The van der Waals surface area contributed by atoms with E-state index in [4.69, 9.17) is 52.6 Å². The van der Waals surface area contributed by atoms with Crippen molar-refractivity contribution in [2.75, 3.05) is 0 Å². The van der Waals surface area contributed by atoms with Crippen LogP contribution in [-0.4, -0.2) is 139 Å². The summed E-state index contributed by atoms with van der Waals surface area (Å²) in [5.41, 5.74) is 0. The number of rotatable bonds is 0. The molecule has 0 aliphatic carbocycles. The summed E-state index contributed by atoms with van der Waals surface area (Å²) in [6, 6.07) is 0. The van der Waals surface area contributed by atoms with Crippen LogP contribution in [0.15, 0.2) is 0 Å². The maximum absolute atomic E-state index is 8.74. The molecule has 0 aromatic heterocycles. The van der Waals surface area contributed by atoms with Gasteiger partial charge in [-0.3, -0.25) is 27.3 Å². The molecule has 0 bridgehead atoms. The minimum absolute atomic E-state index is 0. The first kappa shape index (κ1) is 37.0. The molecule has 110 valence electrons. The van der Waals surface area contributed by atoms with E-state index in [1.807, 2.05) is 0 Å². The van der Waals surface area contributed by atoms with E-state index in [0.29, 0.717) is 0 Å². The van der Waals surface area contributed by atoms with Gasteiger partial charge in [-0.2, -0.15) is 25.3 Å². The van der Waals surface area contributed by atoms with E-state index >= 15 is 0 Å². The Hall–Kier alpha value is 2.31. The number of hydrogen-bond donors (Lipinski definition) is 6. The molecule has 0 radical (unpaired) electrons. The molecule has 12 nitrogen and oxygen atoms in total. The summed E-state index contributed by atoms with van der Waals surface area (Å²) in [6.45, 7) is 0. The minimum atomic E-state index is -4.67. The van der Waals surface area contributed by atoms with E-state index in [9.17, 15) is 0 Å². The van der Waals surface area contributed by atoms with Crippen LogP contribution >= 0.6 is 0 Å². The van der Waals surface area contributed by atoms with Gasteiger partial charge in [0.25, 0.3) is 0 Å². The average molecular weight is 394 g/mol. The quantitative estimate of drug-likeness (QED) is 0.168. The second kappa shape index (κ2) is 15.7. The van der Waals surface area contributed by atoms with Crippen molar-refractivity contribution in [3.8, 4) is 0 Å². The van der Waals surface area contributed by atoms with Crippen LogP contribution in [0.2, 0.25) is 0 Å². The molecule has 0 heterocycles. The first-order valence-electron chi connectivity index (χ1n) is 2.10. The molecule has 6 N–H and O–H groups in total. The molecular formula is H13Al2KO12S3. The fourth-order valence-electron chi connectivity index (χ4n) is 0. The summed E-state index contributed by atoms with van der Waals surface area (Å²) in [5, 5.41) is 0. The Morgan fingerprint density at radius 2 is 0.444 bits per heavy atom. The predicted octanol–water partition coefficient (Wildman–Crippen LogP) is -4.97. The van der Waals surface area contributed by atoms with Crippen molar-refractivity contribution in [2.45, 2.75) is 0 Å². The summed E-state index contributed by atoms with van der Waals surface area (Å²) >= 11 is 0. The van der Waals surface area contributed by atoms with Crippen LogP contribution in [0.3, 0.4) is 0 Å². The summed E-state index contributed by atoms with van der Waals surface area (Å²) in [5.74, 6) is 0. The summed E-state index contributed by atoms with van der Waals surface area (Å²) < 4.78 is 94.8. The van der Waals surface area contributed by atoms with Crippen molar-refractivity contribution in [3.05, 3.63) is 0 Å². The van der Waals surface area contributed by atoms with Crippen LogP contribution in [0.5, 0.6) is 0 Å². The van der Waals surface area contributed by atoms with Crippen LogP contribution in [0.1, 0.15) is 0 Å². The zero-order chi connectivity index (χ0) is 13.5. The maximum atomic E-state index is 8.74. The SMILES string of the molecule is O=S(=O)(O)O.O=S(=O)(O)O.O=S(=O)(O)O.[AlH3].[AlH3].[KH]. The molecule has 0 saturated carbocycles. The molecule has 0 fully saturated rings. The molecule has 0 aromatic carbocycles. The molecule has 0 amide bonds. The van der Waals surface area contributed by atoms with Gasteiger partial charge >= 0.3 is 82.6 Å². The van der Waals surface area contributed by atoms with Gasteiger partial charge in [0.15, 0.2) is 34.7 Å². The van der Waals surface area contributed by atoms with E-state index in [1.54, 1.807) is 0 Å². The fourth-order valence-corrected chi connectivity index (χ4v) is 0. The zero-order valence-electron chi connectivity index (χ0n) is 6.36. The summed E-state index contributed by atoms with van der Waals surface area (Å²) in [6.07, 6.45) is 0. The molecule has 0 unspecified atom stereocenters. The molecule has 0 aliphatic heterocycles. The Kier molecular flexibility index (Phi) is 32.2. The Balaban J connectivity index is -0.0000000277. The molecule has 0 atom stereocenters. The van der Waals surface area contributed by atoms with Crippen LogP contribution in [-0.2, 0) is 31.2 Å². The van der Waals surface area contributed by atoms with E-state index in [-0.39, 0.29) is 86.1 Å². The van der Waals surface area contributed by atoms with E-state index in [0.717, 1.165) is 0 Å². The Morgan fingerprint density at radius 1 is 0.444 bits per heavy atom. The molecule has 0 rings (SSSR count). The van der Waals surface area contributed by atoms with Gasteiger partial charge < -0.3 is 0 Å². The van der Waals surface area contributed by atoms with Crippen molar-refractivity contribution in [1.29, 1.82) is 0 Å². The van der Waals surface area contributed by atoms with Gasteiger partial charge in [-0.1, -0.05) is 0 Å². The molecule has 0 aliphatic rings. The van der Waals surface area contributed by atoms with Crippen LogP contribution in [0.4, 0.5) is 0 Å². The van der Waals surface area contributed by atoms with Crippen molar-refractivity contribution in [1.82, 2.24) is 0 Å². The second-order valence-corrected chi connectivity index (χ2v) is 4.03. The molecule has 0 spiro atoms.